The lowest BCUT2D eigenvalue weighted by molar-refractivity contribution is 0.298. The van der Waals surface area contributed by atoms with Crippen LogP contribution in [0.25, 0.3) is 11.1 Å². The van der Waals surface area contributed by atoms with Crippen LogP contribution in [0.2, 0.25) is 0 Å². The molecule has 0 spiro atoms. The third-order valence-corrected chi connectivity index (χ3v) is 6.32. The van der Waals surface area contributed by atoms with Crippen LogP contribution in [0.4, 0.5) is 0 Å². The second-order valence-corrected chi connectivity index (χ2v) is 9.12. The normalized spacial score (nSPS) is 11.7. The summed E-state index contributed by atoms with van der Waals surface area (Å²) in [6, 6.07) is 15.4. The molecule has 28 heavy (non-hydrogen) atoms. The summed E-state index contributed by atoms with van der Waals surface area (Å²) in [5.74, 6) is 0.632. The molecule has 0 atom stereocenters. The minimum Gasteiger partial charge on any atom is -0.488 e. The standard InChI is InChI=1S/C21H24N2O4S/c1-16(2)28(25,26)23-14-19(13-22-23)20-12-17(10-11-24)8-9-21(20)27-15-18-6-4-3-5-7-18/h3-9,12-14,16,24H,10-11,15H2,1-2H3. The van der Waals surface area contributed by atoms with Crippen LogP contribution in [-0.4, -0.2) is 34.6 Å². The van der Waals surface area contributed by atoms with Crippen molar-refractivity contribution in [3.63, 3.8) is 0 Å². The van der Waals surface area contributed by atoms with Gasteiger partial charge in [0, 0.05) is 17.7 Å². The summed E-state index contributed by atoms with van der Waals surface area (Å²) >= 11 is 0. The van der Waals surface area contributed by atoms with Crippen LogP contribution in [-0.2, 0) is 23.1 Å². The predicted octanol–water partition coefficient (Wildman–Crippen LogP) is 3.25. The van der Waals surface area contributed by atoms with Crippen LogP contribution < -0.4 is 4.74 Å². The molecule has 1 aromatic heterocycles. The van der Waals surface area contributed by atoms with Gasteiger partial charge in [-0.15, -0.1) is 0 Å². The van der Waals surface area contributed by atoms with Gasteiger partial charge in [-0.2, -0.15) is 9.19 Å². The minimum atomic E-state index is -3.53. The highest BCUT2D eigenvalue weighted by Gasteiger charge is 2.21. The highest BCUT2D eigenvalue weighted by atomic mass is 32.2. The summed E-state index contributed by atoms with van der Waals surface area (Å²) < 4.78 is 31.8. The van der Waals surface area contributed by atoms with E-state index in [1.807, 2.05) is 48.5 Å². The van der Waals surface area contributed by atoms with Crippen molar-refractivity contribution >= 4 is 10.0 Å². The van der Waals surface area contributed by atoms with Crippen LogP contribution in [0, 0.1) is 0 Å². The number of hydrogen-bond donors (Lipinski definition) is 1. The highest BCUT2D eigenvalue weighted by Crippen LogP contribution is 2.32. The Morgan fingerprint density at radius 1 is 1.11 bits per heavy atom. The van der Waals surface area contributed by atoms with E-state index in [4.69, 9.17) is 4.74 Å². The maximum atomic E-state index is 12.4. The van der Waals surface area contributed by atoms with Crippen LogP contribution in [0.3, 0.4) is 0 Å². The van der Waals surface area contributed by atoms with E-state index in [1.165, 1.54) is 12.4 Å². The first-order valence-electron chi connectivity index (χ1n) is 9.11. The zero-order chi connectivity index (χ0) is 20.1. The number of benzene rings is 2. The molecular formula is C21H24N2O4S. The SMILES string of the molecule is CC(C)S(=O)(=O)n1cc(-c2cc(CCO)ccc2OCc2ccccc2)cn1. The summed E-state index contributed by atoms with van der Waals surface area (Å²) in [5, 5.41) is 12.7. The van der Waals surface area contributed by atoms with E-state index in [1.54, 1.807) is 13.8 Å². The second kappa shape index (κ2) is 8.58. The first-order valence-corrected chi connectivity index (χ1v) is 10.6. The fourth-order valence-electron chi connectivity index (χ4n) is 2.75. The molecule has 0 bridgehead atoms. The third kappa shape index (κ3) is 4.43. The van der Waals surface area contributed by atoms with E-state index in [-0.39, 0.29) is 6.61 Å². The van der Waals surface area contributed by atoms with Gasteiger partial charge in [0.15, 0.2) is 0 Å². The Bertz CT molecular complexity index is 1030. The average Bonchev–Trinajstić information content (AvgIpc) is 3.19. The molecule has 1 heterocycles. The first kappa shape index (κ1) is 20.1. The average molecular weight is 401 g/mol. The van der Waals surface area contributed by atoms with Gasteiger partial charge in [-0.25, -0.2) is 8.42 Å². The van der Waals surface area contributed by atoms with E-state index < -0.39 is 15.3 Å². The van der Waals surface area contributed by atoms with Crippen LogP contribution >= 0.6 is 0 Å². The van der Waals surface area contributed by atoms with Crippen LogP contribution in [0.5, 0.6) is 5.75 Å². The zero-order valence-corrected chi connectivity index (χ0v) is 16.8. The number of aliphatic hydroxyl groups excluding tert-OH is 1. The maximum Gasteiger partial charge on any atom is 0.256 e. The van der Waals surface area contributed by atoms with E-state index in [2.05, 4.69) is 5.10 Å². The van der Waals surface area contributed by atoms with E-state index in [9.17, 15) is 13.5 Å². The van der Waals surface area contributed by atoms with Gasteiger partial charge in [0.1, 0.15) is 12.4 Å². The first-order chi connectivity index (χ1) is 13.4. The van der Waals surface area contributed by atoms with Gasteiger partial charge < -0.3 is 9.84 Å². The van der Waals surface area contributed by atoms with Crippen molar-refractivity contribution in [2.75, 3.05) is 6.61 Å². The molecule has 0 aliphatic heterocycles. The van der Waals surface area contributed by atoms with Crippen molar-refractivity contribution in [2.24, 2.45) is 0 Å². The summed E-state index contributed by atoms with van der Waals surface area (Å²) in [6.45, 7) is 3.66. The molecular weight excluding hydrogens is 376 g/mol. The van der Waals surface area contributed by atoms with Gasteiger partial charge in [0.25, 0.3) is 10.0 Å². The summed E-state index contributed by atoms with van der Waals surface area (Å²) in [6.07, 6.45) is 3.53. The molecule has 3 rings (SSSR count). The van der Waals surface area contributed by atoms with Gasteiger partial charge in [-0.1, -0.05) is 36.4 Å². The number of aliphatic hydroxyl groups is 1. The topological polar surface area (TPSA) is 81.4 Å². The summed E-state index contributed by atoms with van der Waals surface area (Å²) in [4.78, 5) is 0. The Morgan fingerprint density at radius 3 is 2.54 bits per heavy atom. The fourth-order valence-corrected chi connectivity index (χ4v) is 3.62. The Hall–Kier alpha value is -2.64. The largest absolute Gasteiger partial charge is 0.488 e. The van der Waals surface area contributed by atoms with E-state index >= 15 is 0 Å². The van der Waals surface area contributed by atoms with Gasteiger partial charge in [0.05, 0.1) is 17.6 Å². The minimum absolute atomic E-state index is 0.0324. The molecule has 0 saturated heterocycles. The molecule has 0 aliphatic carbocycles. The smallest absolute Gasteiger partial charge is 0.256 e. The molecule has 0 amide bonds. The van der Waals surface area contributed by atoms with Crippen molar-refractivity contribution in [2.45, 2.75) is 32.1 Å². The number of nitrogens with zero attached hydrogens (tertiary/aromatic N) is 2. The van der Waals surface area contributed by atoms with E-state index in [0.717, 1.165) is 20.8 Å². The monoisotopic (exact) mass is 400 g/mol. The Labute approximate surface area is 165 Å². The number of rotatable bonds is 8. The summed E-state index contributed by atoms with van der Waals surface area (Å²) in [7, 11) is -3.53. The Morgan fingerprint density at radius 2 is 1.86 bits per heavy atom. The summed E-state index contributed by atoms with van der Waals surface area (Å²) in [5.41, 5.74) is 3.36. The van der Waals surface area contributed by atoms with Gasteiger partial charge >= 0.3 is 0 Å². The molecule has 7 heteroatoms. The molecule has 1 N–H and O–H groups in total. The predicted molar refractivity (Wildman–Crippen MR) is 109 cm³/mol. The van der Waals surface area contributed by atoms with Gasteiger partial charge in [-0.3, -0.25) is 0 Å². The molecule has 3 aromatic rings. The zero-order valence-electron chi connectivity index (χ0n) is 15.9. The Balaban J connectivity index is 1.96. The highest BCUT2D eigenvalue weighted by molar-refractivity contribution is 7.90. The molecule has 2 aromatic carbocycles. The fraction of sp³-hybridized carbons (Fsp3) is 0.286. The third-order valence-electron chi connectivity index (χ3n) is 4.41. The van der Waals surface area contributed by atoms with Gasteiger partial charge in [-0.05, 0) is 43.5 Å². The number of aromatic nitrogens is 2. The molecule has 6 nitrogen and oxygen atoms in total. The van der Waals surface area contributed by atoms with Crippen molar-refractivity contribution < 1.29 is 18.3 Å². The molecule has 0 aliphatic rings. The van der Waals surface area contributed by atoms with Crippen molar-refractivity contribution in [3.8, 4) is 16.9 Å². The molecule has 148 valence electrons. The molecule has 0 unspecified atom stereocenters. The number of hydrogen-bond acceptors (Lipinski definition) is 5. The lowest BCUT2D eigenvalue weighted by Crippen LogP contribution is -2.22. The Kier molecular flexibility index (Phi) is 6.16. The molecule has 0 fully saturated rings. The maximum absolute atomic E-state index is 12.4. The lowest BCUT2D eigenvalue weighted by atomic mass is 10.0. The molecule has 0 radical (unpaired) electrons. The van der Waals surface area contributed by atoms with E-state index in [0.29, 0.717) is 24.3 Å². The van der Waals surface area contributed by atoms with Crippen molar-refractivity contribution in [1.82, 2.24) is 9.19 Å². The molecule has 0 saturated carbocycles. The van der Waals surface area contributed by atoms with Crippen molar-refractivity contribution in [1.29, 1.82) is 0 Å². The van der Waals surface area contributed by atoms with Crippen molar-refractivity contribution in [3.05, 3.63) is 72.1 Å². The number of ether oxygens (including phenoxy) is 1. The van der Waals surface area contributed by atoms with Gasteiger partial charge in [0.2, 0.25) is 0 Å². The quantitative estimate of drug-likeness (QED) is 0.628. The lowest BCUT2D eigenvalue weighted by Gasteiger charge is -2.12. The second-order valence-electron chi connectivity index (χ2n) is 6.77. The van der Waals surface area contributed by atoms with Crippen LogP contribution in [0.15, 0.2) is 60.9 Å². The van der Waals surface area contributed by atoms with Crippen LogP contribution in [0.1, 0.15) is 25.0 Å².